The van der Waals surface area contributed by atoms with Crippen molar-refractivity contribution in [3.63, 3.8) is 0 Å². The Morgan fingerprint density at radius 3 is 2.43 bits per heavy atom. The number of ketones is 1. The number of rotatable bonds is 1. The van der Waals surface area contributed by atoms with Gasteiger partial charge in [-0.3, -0.25) is 4.79 Å². The van der Waals surface area contributed by atoms with Crippen LogP contribution in [0.3, 0.4) is 0 Å². The molecule has 1 aliphatic carbocycles. The van der Waals surface area contributed by atoms with E-state index < -0.39 is 0 Å². The van der Waals surface area contributed by atoms with E-state index in [-0.39, 0.29) is 35.6 Å². The minimum Gasteiger partial charge on any atom is -0.511 e. The first-order valence-corrected chi connectivity index (χ1v) is 7.83. The summed E-state index contributed by atoms with van der Waals surface area (Å²) in [6.45, 7) is 5.99. The van der Waals surface area contributed by atoms with Gasteiger partial charge in [0.25, 0.3) is 0 Å². The average Bonchev–Trinajstić information content (AvgIpc) is 3.12. The summed E-state index contributed by atoms with van der Waals surface area (Å²) < 4.78 is 5.80. The number of fused-ring (bicyclic) bond motifs is 5. The van der Waals surface area contributed by atoms with E-state index in [0.717, 1.165) is 27.8 Å². The maximum Gasteiger partial charge on any atom is 0.173 e. The number of aliphatic hydroxyl groups is 1. The summed E-state index contributed by atoms with van der Waals surface area (Å²) in [6, 6.07) is 4.08. The summed E-state index contributed by atoms with van der Waals surface area (Å²) in [5, 5.41) is 10.8. The number of carbonyl (C=O) groups is 1. The fourth-order valence-corrected chi connectivity index (χ4v) is 4.45. The molecule has 4 rings (SSSR count). The van der Waals surface area contributed by atoms with Gasteiger partial charge in [0, 0.05) is 5.57 Å². The van der Waals surface area contributed by atoms with Gasteiger partial charge in [0.05, 0.1) is 23.5 Å². The van der Waals surface area contributed by atoms with Gasteiger partial charge >= 0.3 is 0 Å². The van der Waals surface area contributed by atoms with Crippen molar-refractivity contribution < 1.29 is 14.6 Å². The molecule has 23 heavy (non-hydrogen) atoms. The van der Waals surface area contributed by atoms with Crippen LogP contribution in [0.15, 0.2) is 29.5 Å². The number of benzene rings is 1. The monoisotopic (exact) mass is 306 g/mol. The van der Waals surface area contributed by atoms with Crippen LogP contribution in [0.1, 0.15) is 22.3 Å². The highest BCUT2D eigenvalue weighted by molar-refractivity contribution is 6.26. The van der Waals surface area contributed by atoms with Crippen molar-refractivity contribution in [1.82, 2.24) is 0 Å². The van der Waals surface area contributed by atoms with Crippen molar-refractivity contribution in [2.45, 2.75) is 33.0 Å². The number of hydrogen-bond donors (Lipinski definition) is 1. The van der Waals surface area contributed by atoms with E-state index in [1.165, 1.54) is 0 Å². The van der Waals surface area contributed by atoms with Crippen LogP contribution in [0.25, 0.3) is 5.57 Å². The predicted molar refractivity (Wildman–Crippen MR) is 87.8 cm³/mol. The fraction of sp³-hybridized carbons (Fsp3) is 0.350. The third-order valence-corrected chi connectivity index (χ3v) is 5.24. The van der Waals surface area contributed by atoms with Crippen molar-refractivity contribution in [2.24, 2.45) is 11.8 Å². The molecule has 4 atom stereocenters. The maximum atomic E-state index is 13.0. The molecule has 0 aromatic heterocycles. The van der Waals surface area contributed by atoms with Crippen LogP contribution in [0.5, 0.6) is 0 Å². The SMILES string of the molecule is C#CC1=CC2OC1[C@H]1C(O)=C(c3c(C)cc(C)cc3C)C(=O)[C@@H]21. The highest BCUT2D eigenvalue weighted by Crippen LogP contribution is 2.53. The van der Waals surface area contributed by atoms with Crippen molar-refractivity contribution in [3.8, 4) is 12.3 Å². The van der Waals surface area contributed by atoms with Crippen molar-refractivity contribution >= 4 is 11.4 Å². The Morgan fingerprint density at radius 2 is 1.83 bits per heavy atom. The molecule has 2 heterocycles. The van der Waals surface area contributed by atoms with Crippen LogP contribution >= 0.6 is 0 Å². The second kappa shape index (κ2) is 4.59. The quantitative estimate of drug-likeness (QED) is 0.811. The number of carbonyl (C=O) groups excluding carboxylic acids is 1. The summed E-state index contributed by atoms with van der Waals surface area (Å²) >= 11 is 0. The van der Waals surface area contributed by atoms with Gasteiger partial charge in [-0.15, -0.1) is 6.42 Å². The molecule has 1 N–H and O–H groups in total. The lowest BCUT2D eigenvalue weighted by Crippen LogP contribution is -2.28. The highest BCUT2D eigenvalue weighted by Gasteiger charge is 2.59. The molecule has 1 fully saturated rings. The lowest BCUT2D eigenvalue weighted by molar-refractivity contribution is -0.118. The number of aryl methyl sites for hydroxylation is 3. The first kappa shape index (κ1) is 14.3. The molecule has 0 radical (unpaired) electrons. The Kier molecular flexibility index (Phi) is 2.86. The first-order chi connectivity index (χ1) is 10.9. The van der Waals surface area contributed by atoms with Crippen LogP contribution < -0.4 is 0 Å². The van der Waals surface area contributed by atoms with Crippen molar-refractivity contribution in [1.29, 1.82) is 0 Å². The molecular weight excluding hydrogens is 288 g/mol. The molecule has 1 aromatic carbocycles. The zero-order valence-corrected chi connectivity index (χ0v) is 13.4. The van der Waals surface area contributed by atoms with E-state index >= 15 is 0 Å². The number of ether oxygens (including phenoxy) is 1. The lowest BCUT2D eigenvalue weighted by Gasteiger charge is -2.18. The molecule has 2 unspecified atom stereocenters. The molecule has 1 aromatic rings. The number of allylic oxidation sites excluding steroid dienone is 1. The molecule has 116 valence electrons. The summed E-state index contributed by atoms with van der Waals surface area (Å²) in [6.07, 6.45) is 6.70. The topological polar surface area (TPSA) is 46.5 Å². The number of aliphatic hydroxyl groups excluding tert-OH is 1. The van der Waals surface area contributed by atoms with Gasteiger partial charge in [0.15, 0.2) is 5.78 Å². The van der Waals surface area contributed by atoms with Crippen LogP contribution in [0.2, 0.25) is 0 Å². The van der Waals surface area contributed by atoms with Crippen molar-refractivity contribution in [2.75, 3.05) is 0 Å². The van der Waals surface area contributed by atoms with Gasteiger partial charge in [-0.2, -0.15) is 0 Å². The van der Waals surface area contributed by atoms with E-state index in [1.807, 2.05) is 39.0 Å². The Balaban J connectivity index is 1.87. The van der Waals surface area contributed by atoms with E-state index in [4.69, 9.17) is 11.2 Å². The number of hydrogen-bond acceptors (Lipinski definition) is 3. The molecule has 0 amide bonds. The fourth-order valence-electron chi connectivity index (χ4n) is 4.45. The van der Waals surface area contributed by atoms with E-state index in [9.17, 15) is 9.90 Å². The summed E-state index contributed by atoms with van der Waals surface area (Å²) in [7, 11) is 0. The summed E-state index contributed by atoms with van der Waals surface area (Å²) in [5.74, 6) is 2.06. The van der Waals surface area contributed by atoms with Gasteiger partial charge < -0.3 is 9.84 Å². The molecule has 2 aliphatic heterocycles. The van der Waals surface area contributed by atoms with Gasteiger partial charge in [0.2, 0.25) is 0 Å². The molecule has 1 saturated heterocycles. The molecule has 3 heteroatoms. The van der Waals surface area contributed by atoms with Crippen molar-refractivity contribution in [3.05, 3.63) is 51.8 Å². The second-order valence-electron chi connectivity index (χ2n) is 6.74. The van der Waals surface area contributed by atoms with E-state index in [2.05, 4.69) is 5.92 Å². The van der Waals surface area contributed by atoms with Gasteiger partial charge in [0.1, 0.15) is 11.9 Å². The van der Waals surface area contributed by atoms with E-state index in [1.54, 1.807) is 0 Å². The molecule has 0 saturated carbocycles. The minimum absolute atomic E-state index is 0.0256. The standard InChI is InChI=1S/C20H18O3/c1-5-12-8-13-15-17(20(12)23-13)19(22)16(18(15)21)14-10(3)6-9(2)7-11(14)4/h1,6-8,13,15,17,20,22H,2-4H3/t13?,15-,17+,20?/m0/s1. The Labute approximate surface area is 135 Å². The average molecular weight is 306 g/mol. The summed E-state index contributed by atoms with van der Waals surface area (Å²) in [5.41, 5.74) is 5.23. The third-order valence-electron chi connectivity index (χ3n) is 5.24. The zero-order valence-electron chi connectivity index (χ0n) is 13.4. The molecule has 3 aliphatic rings. The predicted octanol–water partition coefficient (Wildman–Crippen LogP) is 3.04. The van der Waals surface area contributed by atoms with Crippen LogP contribution in [0.4, 0.5) is 0 Å². The maximum absolute atomic E-state index is 13.0. The Morgan fingerprint density at radius 1 is 1.17 bits per heavy atom. The number of terminal acetylenes is 1. The minimum atomic E-state index is -0.359. The Bertz CT molecular complexity index is 827. The smallest absolute Gasteiger partial charge is 0.173 e. The first-order valence-electron chi connectivity index (χ1n) is 7.83. The van der Waals surface area contributed by atoms with Crippen LogP contribution in [-0.2, 0) is 9.53 Å². The number of Topliss-reactive ketones (excluding diaryl/α,β-unsaturated/α-hetero) is 1. The molecular formula is C20H18O3. The Hall–Kier alpha value is -2.31. The third kappa shape index (κ3) is 1.73. The van der Waals surface area contributed by atoms with Crippen LogP contribution in [-0.4, -0.2) is 23.1 Å². The second-order valence-corrected chi connectivity index (χ2v) is 6.74. The molecule has 2 bridgehead atoms. The van der Waals surface area contributed by atoms with E-state index in [0.29, 0.717) is 5.57 Å². The molecule has 3 nitrogen and oxygen atoms in total. The zero-order chi connectivity index (χ0) is 16.5. The van der Waals surface area contributed by atoms with Gasteiger partial charge in [-0.25, -0.2) is 0 Å². The highest BCUT2D eigenvalue weighted by atomic mass is 16.5. The van der Waals surface area contributed by atoms with Crippen LogP contribution in [0, 0.1) is 45.0 Å². The largest absolute Gasteiger partial charge is 0.511 e. The van der Waals surface area contributed by atoms with Gasteiger partial charge in [-0.05, 0) is 43.5 Å². The normalized spacial score (nSPS) is 31.4. The lowest BCUT2D eigenvalue weighted by atomic mass is 9.80. The van der Waals surface area contributed by atoms with Gasteiger partial charge in [-0.1, -0.05) is 23.6 Å². The molecule has 0 spiro atoms. The summed E-state index contributed by atoms with van der Waals surface area (Å²) in [4.78, 5) is 13.0.